The third kappa shape index (κ3) is 1.99. The fourth-order valence-electron chi connectivity index (χ4n) is 1.76. The summed E-state index contributed by atoms with van der Waals surface area (Å²) < 4.78 is 0. The smallest absolute Gasteiger partial charge is 0.272 e. The number of nitro benzene ring substituents is 1. The summed E-state index contributed by atoms with van der Waals surface area (Å²) in [6, 6.07) is 3.93. The van der Waals surface area contributed by atoms with Gasteiger partial charge in [0.1, 0.15) is 0 Å². The van der Waals surface area contributed by atoms with Crippen LogP contribution in [0.5, 0.6) is 0 Å². The molecule has 0 bridgehead atoms. The van der Waals surface area contributed by atoms with Gasteiger partial charge < -0.3 is 10.6 Å². The Morgan fingerprint density at radius 1 is 1.38 bits per heavy atom. The predicted octanol–water partition coefficient (Wildman–Crippen LogP) is 1.60. The first kappa shape index (κ1) is 10.9. The Bertz CT molecular complexity index is 427. The molecule has 1 aromatic carbocycles. The largest absolute Gasteiger partial charge is 0.380 e. The van der Waals surface area contributed by atoms with Crippen LogP contribution in [-0.2, 0) is 0 Å². The Balaban J connectivity index is 2.25. The van der Waals surface area contributed by atoms with Crippen molar-refractivity contribution in [3.63, 3.8) is 0 Å². The summed E-state index contributed by atoms with van der Waals surface area (Å²) in [6.07, 6.45) is 0. The van der Waals surface area contributed by atoms with Crippen molar-refractivity contribution < 1.29 is 4.92 Å². The highest BCUT2D eigenvalue weighted by atomic mass is 16.6. The van der Waals surface area contributed by atoms with E-state index < -0.39 is 0 Å². The van der Waals surface area contributed by atoms with Crippen molar-refractivity contribution in [3.05, 3.63) is 33.4 Å². The third-order valence-corrected chi connectivity index (χ3v) is 2.88. The van der Waals surface area contributed by atoms with E-state index >= 15 is 0 Å². The average molecular weight is 221 g/mol. The molecule has 1 fully saturated rings. The standard InChI is InChI=1S/C11H15N3O2/c1-7-4-11(14(15)16)8(2)3-10(7)13-9-5-12-6-9/h3-4,9,12-13H,5-6H2,1-2H3. The molecule has 1 aromatic rings. The molecule has 16 heavy (non-hydrogen) atoms. The summed E-state index contributed by atoms with van der Waals surface area (Å²) in [5.74, 6) is 0. The molecular formula is C11H15N3O2. The number of aryl methyl sites for hydroxylation is 2. The minimum absolute atomic E-state index is 0.190. The number of benzene rings is 1. The maximum Gasteiger partial charge on any atom is 0.272 e. The number of hydrogen-bond donors (Lipinski definition) is 2. The van der Waals surface area contributed by atoms with Crippen LogP contribution in [0.25, 0.3) is 0 Å². The van der Waals surface area contributed by atoms with Crippen LogP contribution in [-0.4, -0.2) is 24.1 Å². The molecule has 0 atom stereocenters. The van der Waals surface area contributed by atoms with Gasteiger partial charge in [-0.05, 0) is 25.5 Å². The van der Waals surface area contributed by atoms with Gasteiger partial charge in [-0.15, -0.1) is 0 Å². The van der Waals surface area contributed by atoms with E-state index in [4.69, 9.17) is 0 Å². The highest BCUT2D eigenvalue weighted by Gasteiger charge is 2.19. The normalized spacial score (nSPS) is 15.6. The lowest BCUT2D eigenvalue weighted by Crippen LogP contribution is -2.51. The molecule has 1 saturated heterocycles. The number of nitrogens with one attached hydrogen (secondary N) is 2. The molecule has 0 spiro atoms. The molecule has 86 valence electrons. The lowest BCUT2D eigenvalue weighted by molar-refractivity contribution is -0.385. The molecule has 5 heteroatoms. The fourth-order valence-corrected chi connectivity index (χ4v) is 1.76. The number of nitro groups is 1. The number of rotatable bonds is 3. The highest BCUT2D eigenvalue weighted by molar-refractivity contribution is 5.59. The van der Waals surface area contributed by atoms with Gasteiger partial charge in [-0.2, -0.15) is 0 Å². The van der Waals surface area contributed by atoms with Gasteiger partial charge in [-0.25, -0.2) is 0 Å². The van der Waals surface area contributed by atoms with E-state index in [1.807, 2.05) is 13.0 Å². The zero-order valence-corrected chi connectivity index (χ0v) is 9.41. The monoisotopic (exact) mass is 221 g/mol. The van der Waals surface area contributed by atoms with Crippen LogP contribution in [0.2, 0.25) is 0 Å². The van der Waals surface area contributed by atoms with Gasteiger partial charge in [0.2, 0.25) is 0 Å². The Morgan fingerprint density at radius 2 is 2.06 bits per heavy atom. The Kier molecular flexibility index (Phi) is 2.78. The van der Waals surface area contributed by atoms with Gasteiger partial charge in [-0.3, -0.25) is 10.1 Å². The second-order valence-electron chi connectivity index (χ2n) is 4.21. The van der Waals surface area contributed by atoms with Crippen LogP contribution in [0.4, 0.5) is 11.4 Å². The summed E-state index contributed by atoms with van der Waals surface area (Å²) in [4.78, 5) is 10.4. The lowest BCUT2D eigenvalue weighted by atomic mass is 10.1. The number of nitrogens with zero attached hydrogens (tertiary/aromatic N) is 1. The van der Waals surface area contributed by atoms with Crippen molar-refractivity contribution in [1.82, 2.24) is 5.32 Å². The Labute approximate surface area is 94.0 Å². The molecule has 5 nitrogen and oxygen atoms in total. The van der Waals surface area contributed by atoms with Gasteiger partial charge in [0.05, 0.1) is 11.0 Å². The minimum Gasteiger partial charge on any atom is -0.380 e. The molecular weight excluding hydrogens is 206 g/mol. The first-order valence-corrected chi connectivity index (χ1v) is 5.31. The quantitative estimate of drug-likeness (QED) is 0.601. The molecule has 0 saturated carbocycles. The van der Waals surface area contributed by atoms with Crippen LogP contribution in [0.15, 0.2) is 12.1 Å². The van der Waals surface area contributed by atoms with Gasteiger partial charge in [0, 0.05) is 30.4 Å². The minimum atomic E-state index is -0.336. The van der Waals surface area contributed by atoms with Crippen LogP contribution in [0.3, 0.4) is 0 Å². The third-order valence-electron chi connectivity index (χ3n) is 2.88. The summed E-state index contributed by atoms with van der Waals surface area (Å²) >= 11 is 0. The van der Waals surface area contributed by atoms with Gasteiger partial charge in [0.15, 0.2) is 0 Å². The van der Waals surface area contributed by atoms with E-state index in [0.29, 0.717) is 11.6 Å². The van der Waals surface area contributed by atoms with Crippen molar-refractivity contribution >= 4 is 11.4 Å². The first-order chi connectivity index (χ1) is 7.58. The predicted molar refractivity (Wildman–Crippen MR) is 62.9 cm³/mol. The first-order valence-electron chi connectivity index (χ1n) is 5.31. The van der Waals surface area contributed by atoms with E-state index in [9.17, 15) is 10.1 Å². The molecule has 0 unspecified atom stereocenters. The van der Waals surface area contributed by atoms with Crippen molar-refractivity contribution in [2.24, 2.45) is 0 Å². The van der Waals surface area contributed by atoms with E-state index in [2.05, 4.69) is 10.6 Å². The maximum atomic E-state index is 10.7. The van der Waals surface area contributed by atoms with E-state index in [0.717, 1.165) is 24.3 Å². The van der Waals surface area contributed by atoms with Gasteiger partial charge in [0.25, 0.3) is 5.69 Å². The summed E-state index contributed by atoms with van der Waals surface area (Å²) in [6.45, 7) is 5.56. The molecule has 1 heterocycles. The van der Waals surface area contributed by atoms with Gasteiger partial charge >= 0.3 is 0 Å². The highest BCUT2D eigenvalue weighted by Crippen LogP contribution is 2.26. The van der Waals surface area contributed by atoms with Crippen LogP contribution in [0, 0.1) is 24.0 Å². The number of hydrogen-bond acceptors (Lipinski definition) is 4. The van der Waals surface area contributed by atoms with E-state index in [-0.39, 0.29) is 10.6 Å². The van der Waals surface area contributed by atoms with Gasteiger partial charge in [-0.1, -0.05) is 0 Å². The Morgan fingerprint density at radius 3 is 2.56 bits per heavy atom. The zero-order chi connectivity index (χ0) is 11.7. The maximum absolute atomic E-state index is 10.7. The topological polar surface area (TPSA) is 67.2 Å². The fraction of sp³-hybridized carbons (Fsp3) is 0.455. The van der Waals surface area contributed by atoms with Crippen molar-refractivity contribution in [3.8, 4) is 0 Å². The molecule has 0 amide bonds. The molecule has 1 aliphatic heterocycles. The second-order valence-corrected chi connectivity index (χ2v) is 4.21. The SMILES string of the molecule is Cc1cc([N+](=O)[O-])c(C)cc1NC1CNC1. The van der Waals surface area contributed by atoms with Crippen molar-refractivity contribution in [2.75, 3.05) is 18.4 Å². The molecule has 1 aliphatic rings. The Hall–Kier alpha value is -1.62. The number of anilines is 1. The lowest BCUT2D eigenvalue weighted by Gasteiger charge is -2.29. The van der Waals surface area contributed by atoms with Crippen LogP contribution >= 0.6 is 0 Å². The van der Waals surface area contributed by atoms with Crippen molar-refractivity contribution in [2.45, 2.75) is 19.9 Å². The molecule has 0 aliphatic carbocycles. The second kappa shape index (κ2) is 4.09. The summed E-state index contributed by atoms with van der Waals surface area (Å²) in [5, 5.41) is 17.3. The molecule has 0 aromatic heterocycles. The average Bonchev–Trinajstić information content (AvgIpc) is 2.15. The van der Waals surface area contributed by atoms with Crippen LogP contribution in [0.1, 0.15) is 11.1 Å². The molecule has 2 N–H and O–H groups in total. The van der Waals surface area contributed by atoms with Crippen molar-refractivity contribution in [1.29, 1.82) is 0 Å². The van der Waals surface area contributed by atoms with E-state index in [1.165, 1.54) is 0 Å². The zero-order valence-electron chi connectivity index (χ0n) is 9.41. The molecule has 0 radical (unpaired) electrons. The summed E-state index contributed by atoms with van der Waals surface area (Å²) in [5.41, 5.74) is 2.80. The molecule has 2 rings (SSSR count). The van der Waals surface area contributed by atoms with Crippen LogP contribution < -0.4 is 10.6 Å². The van der Waals surface area contributed by atoms with E-state index in [1.54, 1.807) is 13.0 Å². The summed E-state index contributed by atoms with van der Waals surface area (Å²) in [7, 11) is 0.